The van der Waals surface area contributed by atoms with Crippen LogP contribution in [0.1, 0.15) is 6.42 Å². The molecule has 0 bridgehead atoms. The SMILES string of the molecule is CN(CCOc1ccc(Cl)cc1)C1CCNC1. The van der Waals surface area contributed by atoms with E-state index in [4.69, 9.17) is 16.3 Å². The predicted molar refractivity (Wildman–Crippen MR) is 70.9 cm³/mol. The second-order valence-corrected chi connectivity index (χ2v) is 4.87. The Kier molecular flexibility index (Phi) is 4.66. The summed E-state index contributed by atoms with van der Waals surface area (Å²) >= 11 is 5.81. The molecule has 1 aromatic rings. The predicted octanol–water partition coefficient (Wildman–Crippen LogP) is 2.01. The van der Waals surface area contributed by atoms with E-state index in [-0.39, 0.29) is 0 Å². The fraction of sp³-hybridized carbons (Fsp3) is 0.538. The number of benzene rings is 1. The molecule has 0 spiro atoms. The Balaban J connectivity index is 1.70. The maximum absolute atomic E-state index is 5.81. The molecule has 0 radical (unpaired) electrons. The van der Waals surface area contributed by atoms with Gasteiger partial charge in [-0.2, -0.15) is 0 Å². The number of nitrogens with zero attached hydrogens (tertiary/aromatic N) is 1. The number of nitrogens with one attached hydrogen (secondary N) is 1. The van der Waals surface area contributed by atoms with E-state index in [0.29, 0.717) is 12.6 Å². The quantitative estimate of drug-likeness (QED) is 0.870. The van der Waals surface area contributed by atoms with Crippen molar-refractivity contribution in [1.82, 2.24) is 10.2 Å². The monoisotopic (exact) mass is 254 g/mol. The van der Waals surface area contributed by atoms with Crippen LogP contribution < -0.4 is 10.1 Å². The molecule has 1 aliphatic rings. The van der Waals surface area contributed by atoms with Crippen LogP contribution in [0, 0.1) is 0 Å². The van der Waals surface area contributed by atoms with Crippen LogP contribution in [-0.2, 0) is 0 Å². The van der Waals surface area contributed by atoms with Crippen molar-refractivity contribution < 1.29 is 4.74 Å². The molecule has 0 saturated carbocycles. The molecule has 0 amide bonds. The van der Waals surface area contributed by atoms with Crippen LogP contribution in [0.2, 0.25) is 5.02 Å². The summed E-state index contributed by atoms with van der Waals surface area (Å²) in [5.41, 5.74) is 0. The van der Waals surface area contributed by atoms with Gasteiger partial charge in [-0.15, -0.1) is 0 Å². The molecule has 3 nitrogen and oxygen atoms in total. The summed E-state index contributed by atoms with van der Waals surface area (Å²) in [6.45, 7) is 3.90. The van der Waals surface area contributed by atoms with Gasteiger partial charge in [0.05, 0.1) is 0 Å². The van der Waals surface area contributed by atoms with Crippen molar-refractivity contribution in [3.63, 3.8) is 0 Å². The van der Waals surface area contributed by atoms with E-state index in [1.165, 1.54) is 6.42 Å². The molecule has 1 heterocycles. The topological polar surface area (TPSA) is 24.5 Å². The van der Waals surface area contributed by atoms with E-state index in [1.54, 1.807) is 0 Å². The Labute approximate surface area is 108 Å². The third-order valence-corrected chi connectivity index (χ3v) is 3.44. The zero-order valence-corrected chi connectivity index (χ0v) is 10.9. The molecule has 17 heavy (non-hydrogen) atoms. The van der Waals surface area contributed by atoms with Crippen molar-refractivity contribution in [3.05, 3.63) is 29.3 Å². The first-order chi connectivity index (χ1) is 8.25. The summed E-state index contributed by atoms with van der Waals surface area (Å²) in [4.78, 5) is 2.36. The van der Waals surface area contributed by atoms with E-state index in [2.05, 4.69) is 17.3 Å². The van der Waals surface area contributed by atoms with E-state index in [9.17, 15) is 0 Å². The van der Waals surface area contributed by atoms with Crippen molar-refractivity contribution in [2.24, 2.45) is 0 Å². The van der Waals surface area contributed by atoms with Gasteiger partial charge in [-0.1, -0.05) is 11.6 Å². The minimum atomic E-state index is 0.656. The van der Waals surface area contributed by atoms with Crippen LogP contribution in [0.4, 0.5) is 0 Å². The smallest absolute Gasteiger partial charge is 0.119 e. The zero-order valence-electron chi connectivity index (χ0n) is 10.2. The molecule has 1 unspecified atom stereocenters. The third kappa shape index (κ3) is 3.87. The number of ether oxygens (including phenoxy) is 1. The van der Waals surface area contributed by atoms with Gasteiger partial charge in [0.2, 0.25) is 0 Å². The first-order valence-corrected chi connectivity index (χ1v) is 6.43. The van der Waals surface area contributed by atoms with Gasteiger partial charge in [-0.05, 0) is 44.3 Å². The van der Waals surface area contributed by atoms with Crippen molar-refractivity contribution in [2.75, 3.05) is 33.3 Å². The molecule has 1 aromatic carbocycles. The molecule has 0 aliphatic carbocycles. The molecule has 0 aromatic heterocycles. The lowest BCUT2D eigenvalue weighted by Crippen LogP contribution is -2.36. The molecule has 1 aliphatic heterocycles. The Hall–Kier alpha value is -0.770. The lowest BCUT2D eigenvalue weighted by molar-refractivity contribution is 0.199. The molecule has 2 rings (SSSR count). The minimum Gasteiger partial charge on any atom is -0.492 e. The van der Waals surface area contributed by atoms with E-state index >= 15 is 0 Å². The molecule has 1 fully saturated rings. The maximum Gasteiger partial charge on any atom is 0.119 e. The van der Waals surface area contributed by atoms with Crippen molar-refractivity contribution in [2.45, 2.75) is 12.5 Å². The normalized spacial score (nSPS) is 19.8. The average Bonchev–Trinajstić information content (AvgIpc) is 2.85. The summed E-state index contributed by atoms with van der Waals surface area (Å²) in [5.74, 6) is 0.882. The maximum atomic E-state index is 5.81. The second-order valence-electron chi connectivity index (χ2n) is 4.43. The van der Waals surface area contributed by atoms with Crippen molar-refractivity contribution in [3.8, 4) is 5.75 Å². The first-order valence-electron chi connectivity index (χ1n) is 6.05. The number of halogens is 1. The number of likely N-dealkylation sites (N-methyl/N-ethyl adjacent to an activating group) is 1. The molecule has 1 atom stereocenters. The van der Waals surface area contributed by atoms with Crippen molar-refractivity contribution in [1.29, 1.82) is 0 Å². The Morgan fingerprint density at radius 3 is 2.82 bits per heavy atom. The fourth-order valence-corrected chi connectivity index (χ4v) is 2.16. The van der Waals surface area contributed by atoms with Gasteiger partial charge >= 0.3 is 0 Å². The highest BCUT2D eigenvalue weighted by Crippen LogP contribution is 2.15. The van der Waals surface area contributed by atoms with Gasteiger partial charge in [-0.25, -0.2) is 0 Å². The van der Waals surface area contributed by atoms with Crippen LogP contribution in [0.15, 0.2) is 24.3 Å². The standard InChI is InChI=1S/C13H19ClN2O/c1-16(12-6-7-15-10-12)8-9-17-13-4-2-11(14)3-5-13/h2-5,12,15H,6-10H2,1H3. The van der Waals surface area contributed by atoms with Crippen LogP contribution >= 0.6 is 11.6 Å². The van der Waals surface area contributed by atoms with Gasteiger partial charge in [0.15, 0.2) is 0 Å². The molecular weight excluding hydrogens is 236 g/mol. The Bertz CT molecular complexity index is 336. The van der Waals surface area contributed by atoms with Gasteiger partial charge < -0.3 is 10.1 Å². The van der Waals surface area contributed by atoms with Gasteiger partial charge in [0.1, 0.15) is 12.4 Å². The first kappa shape index (κ1) is 12.7. The summed E-state index contributed by atoms with van der Waals surface area (Å²) < 4.78 is 5.67. The van der Waals surface area contributed by atoms with E-state index in [0.717, 1.165) is 30.4 Å². The van der Waals surface area contributed by atoms with Crippen LogP contribution in [-0.4, -0.2) is 44.2 Å². The molecule has 94 valence electrons. The second kappa shape index (κ2) is 6.24. The highest BCUT2D eigenvalue weighted by molar-refractivity contribution is 6.30. The summed E-state index contributed by atoms with van der Waals surface area (Å²) in [6, 6.07) is 8.16. The largest absolute Gasteiger partial charge is 0.492 e. The Morgan fingerprint density at radius 2 is 2.18 bits per heavy atom. The van der Waals surface area contributed by atoms with E-state index < -0.39 is 0 Å². The Morgan fingerprint density at radius 1 is 1.41 bits per heavy atom. The molecule has 4 heteroatoms. The van der Waals surface area contributed by atoms with Gasteiger partial charge in [0, 0.05) is 24.2 Å². The highest BCUT2D eigenvalue weighted by atomic mass is 35.5. The summed E-state index contributed by atoms with van der Waals surface area (Å²) in [6.07, 6.45) is 1.23. The summed E-state index contributed by atoms with van der Waals surface area (Å²) in [5, 5.41) is 4.11. The molecular formula is C13H19ClN2O. The van der Waals surface area contributed by atoms with Crippen LogP contribution in [0.3, 0.4) is 0 Å². The van der Waals surface area contributed by atoms with Gasteiger partial charge in [-0.3, -0.25) is 4.90 Å². The lowest BCUT2D eigenvalue weighted by Gasteiger charge is -2.23. The van der Waals surface area contributed by atoms with Crippen molar-refractivity contribution >= 4 is 11.6 Å². The minimum absolute atomic E-state index is 0.656. The average molecular weight is 255 g/mol. The number of hydrogen-bond donors (Lipinski definition) is 1. The zero-order chi connectivity index (χ0) is 12.1. The highest BCUT2D eigenvalue weighted by Gasteiger charge is 2.18. The van der Waals surface area contributed by atoms with Crippen LogP contribution in [0.5, 0.6) is 5.75 Å². The fourth-order valence-electron chi connectivity index (χ4n) is 2.04. The third-order valence-electron chi connectivity index (χ3n) is 3.18. The van der Waals surface area contributed by atoms with E-state index in [1.807, 2.05) is 24.3 Å². The lowest BCUT2D eigenvalue weighted by atomic mass is 10.2. The van der Waals surface area contributed by atoms with Crippen LogP contribution in [0.25, 0.3) is 0 Å². The number of hydrogen-bond acceptors (Lipinski definition) is 3. The molecule has 1 N–H and O–H groups in total. The van der Waals surface area contributed by atoms with Gasteiger partial charge in [0.25, 0.3) is 0 Å². The summed E-state index contributed by atoms with van der Waals surface area (Å²) in [7, 11) is 2.16. The molecule has 1 saturated heterocycles. The number of rotatable bonds is 5.